The lowest BCUT2D eigenvalue weighted by Crippen LogP contribution is -2.32. The molecule has 7 heteroatoms. The molecule has 1 aromatic heterocycles. The van der Waals surface area contributed by atoms with Crippen molar-refractivity contribution in [3.63, 3.8) is 0 Å². The van der Waals surface area contributed by atoms with Crippen LogP contribution in [0.3, 0.4) is 0 Å². The van der Waals surface area contributed by atoms with Crippen LogP contribution in [0.15, 0.2) is 42.6 Å². The van der Waals surface area contributed by atoms with Gasteiger partial charge in [0, 0.05) is 31.3 Å². The number of carbonyl (C=O) groups is 2. The van der Waals surface area contributed by atoms with Gasteiger partial charge in [-0.3, -0.25) is 9.59 Å². The first-order chi connectivity index (χ1) is 12.6. The summed E-state index contributed by atoms with van der Waals surface area (Å²) in [6.07, 6.45) is 1.82. The summed E-state index contributed by atoms with van der Waals surface area (Å²) in [4.78, 5) is 30.6. The molecule has 1 N–H and O–H groups in total. The van der Waals surface area contributed by atoms with E-state index in [1.807, 2.05) is 19.1 Å². The number of nitrogens with zero attached hydrogens (tertiary/aromatic N) is 2. The lowest BCUT2D eigenvalue weighted by molar-refractivity contribution is -0.126. The van der Waals surface area contributed by atoms with Gasteiger partial charge >= 0.3 is 0 Å². The molecule has 1 atom stereocenters. The van der Waals surface area contributed by atoms with Crippen molar-refractivity contribution < 1.29 is 14.3 Å². The second kappa shape index (κ2) is 8.19. The van der Waals surface area contributed by atoms with E-state index in [9.17, 15) is 9.59 Å². The lowest BCUT2D eigenvalue weighted by Gasteiger charge is -2.18. The van der Waals surface area contributed by atoms with E-state index < -0.39 is 5.92 Å². The largest absolute Gasteiger partial charge is 0.478 e. The van der Waals surface area contributed by atoms with Gasteiger partial charge in [-0.15, -0.1) is 0 Å². The highest BCUT2D eigenvalue weighted by atomic mass is 35.5. The van der Waals surface area contributed by atoms with Crippen LogP contribution in [0.5, 0.6) is 5.88 Å². The number of hydrogen-bond acceptors (Lipinski definition) is 4. The van der Waals surface area contributed by atoms with Gasteiger partial charge in [0.25, 0.3) is 0 Å². The van der Waals surface area contributed by atoms with Crippen LogP contribution in [0.1, 0.15) is 18.9 Å². The zero-order valence-corrected chi connectivity index (χ0v) is 15.2. The van der Waals surface area contributed by atoms with Gasteiger partial charge in [-0.25, -0.2) is 4.98 Å². The SMILES string of the molecule is CCOc1ncccc1CNC(=O)C1CC(=O)N(c2ccccc2Cl)C1. The van der Waals surface area contributed by atoms with Gasteiger partial charge in [0.1, 0.15) is 0 Å². The first kappa shape index (κ1) is 18.2. The number of ether oxygens (including phenoxy) is 1. The van der Waals surface area contributed by atoms with Crippen LogP contribution in [0, 0.1) is 5.92 Å². The van der Waals surface area contributed by atoms with E-state index in [0.29, 0.717) is 36.3 Å². The minimum Gasteiger partial charge on any atom is -0.478 e. The molecule has 2 amide bonds. The third-order valence-corrected chi connectivity index (χ3v) is 4.54. The van der Waals surface area contributed by atoms with Gasteiger partial charge in [-0.05, 0) is 25.1 Å². The predicted molar refractivity (Wildman–Crippen MR) is 99.2 cm³/mol. The maximum absolute atomic E-state index is 12.5. The van der Waals surface area contributed by atoms with Crippen LogP contribution in [0.25, 0.3) is 0 Å². The number of nitrogens with one attached hydrogen (secondary N) is 1. The number of hydrogen-bond donors (Lipinski definition) is 1. The average molecular weight is 374 g/mol. The summed E-state index contributed by atoms with van der Waals surface area (Å²) in [5.41, 5.74) is 1.44. The number of anilines is 1. The second-order valence-electron chi connectivity index (χ2n) is 5.98. The van der Waals surface area contributed by atoms with Crippen molar-refractivity contribution in [3.8, 4) is 5.88 Å². The zero-order valence-electron chi connectivity index (χ0n) is 14.4. The Hall–Kier alpha value is -2.60. The molecule has 1 fully saturated rings. The second-order valence-corrected chi connectivity index (χ2v) is 6.38. The van der Waals surface area contributed by atoms with Gasteiger partial charge in [-0.1, -0.05) is 29.8 Å². The van der Waals surface area contributed by atoms with Crippen LogP contribution in [-0.4, -0.2) is 29.9 Å². The van der Waals surface area contributed by atoms with Gasteiger partial charge in [0.05, 0.1) is 23.2 Å². The molecule has 26 heavy (non-hydrogen) atoms. The molecule has 1 saturated heterocycles. The fourth-order valence-electron chi connectivity index (χ4n) is 2.94. The van der Waals surface area contributed by atoms with Crippen molar-refractivity contribution in [2.75, 3.05) is 18.1 Å². The topological polar surface area (TPSA) is 71.5 Å². The monoisotopic (exact) mass is 373 g/mol. The maximum atomic E-state index is 12.5. The Balaban J connectivity index is 1.63. The molecule has 0 radical (unpaired) electrons. The highest BCUT2D eigenvalue weighted by Crippen LogP contribution is 2.31. The van der Waals surface area contributed by atoms with E-state index in [2.05, 4.69) is 10.3 Å². The molecular formula is C19H20ClN3O3. The molecule has 136 valence electrons. The summed E-state index contributed by atoms with van der Waals surface area (Å²) in [6, 6.07) is 10.8. The molecule has 6 nitrogen and oxygen atoms in total. The van der Waals surface area contributed by atoms with E-state index in [1.165, 1.54) is 0 Å². The number of halogens is 1. The number of para-hydroxylation sites is 1. The molecule has 1 aliphatic heterocycles. The molecule has 1 unspecified atom stereocenters. The van der Waals surface area contributed by atoms with Gasteiger partial charge in [0.15, 0.2) is 0 Å². The summed E-state index contributed by atoms with van der Waals surface area (Å²) in [5, 5.41) is 3.37. The van der Waals surface area contributed by atoms with E-state index in [1.54, 1.807) is 35.4 Å². The number of rotatable bonds is 6. The fourth-order valence-corrected chi connectivity index (χ4v) is 3.18. The molecule has 1 aromatic carbocycles. The average Bonchev–Trinajstić information content (AvgIpc) is 3.03. The molecule has 0 aliphatic carbocycles. The Morgan fingerprint density at radius 1 is 1.35 bits per heavy atom. The van der Waals surface area contributed by atoms with Crippen LogP contribution >= 0.6 is 11.6 Å². The van der Waals surface area contributed by atoms with Crippen molar-refractivity contribution in [3.05, 3.63) is 53.2 Å². The van der Waals surface area contributed by atoms with Crippen molar-refractivity contribution in [1.82, 2.24) is 10.3 Å². The normalized spacial score (nSPS) is 16.6. The van der Waals surface area contributed by atoms with Crippen LogP contribution in [0.4, 0.5) is 5.69 Å². The van der Waals surface area contributed by atoms with E-state index in [-0.39, 0.29) is 18.2 Å². The minimum absolute atomic E-state index is 0.102. The van der Waals surface area contributed by atoms with Crippen molar-refractivity contribution in [1.29, 1.82) is 0 Å². The Labute approximate surface area is 157 Å². The number of carbonyl (C=O) groups excluding carboxylic acids is 2. The Morgan fingerprint density at radius 2 is 2.15 bits per heavy atom. The first-order valence-corrected chi connectivity index (χ1v) is 8.87. The van der Waals surface area contributed by atoms with Crippen molar-refractivity contribution in [2.45, 2.75) is 19.9 Å². The Morgan fingerprint density at radius 3 is 2.92 bits per heavy atom. The highest BCUT2D eigenvalue weighted by Gasteiger charge is 2.35. The number of aromatic nitrogens is 1. The highest BCUT2D eigenvalue weighted by molar-refractivity contribution is 6.33. The summed E-state index contributed by atoms with van der Waals surface area (Å²) < 4.78 is 5.46. The molecule has 2 aromatic rings. The molecule has 0 saturated carbocycles. The third kappa shape index (κ3) is 3.96. The summed E-state index contributed by atoms with van der Waals surface area (Å²) in [7, 11) is 0. The predicted octanol–water partition coefficient (Wildman–Crippen LogP) is 2.80. The third-order valence-electron chi connectivity index (χ3n) is 4.22. The smallest absolute Gasteiger partial charge is 0.227 e. The minimum atomic E-state index is -0.411. The van der Waals surface area contributed by atoms with Gasteiger partial charge < -0.3 is 15.0 Å². The standard InChI is InChI=1S/C19H20ClN3O3/c1-2-26-19-13(6-5-9-21-19)11-22-18(25)14-10-17(24)23(12-14)16-8-4-3-7-15(16)20/h3-9,14H,2,10-12H2,1H3,(H,22,25). The number of pyridine rings is 1. The fraction of sp³-hybridized carbons (Fsp3) is 0.316. The Kier molecular flexibility index (Phi) is 5.73. The van der Waals surface area contributed by atoms with E-state index >= 15 is 0 Å². The van der Waals surface area contributed by atoms with Crippen LogP contribution in [0.2, 0.25) is 5.02 Å². The van der Waals surface area contributed by atoms with Crippen molar-refractivity contribution >= 4 is 29.1 Å². The molecule has 0 spiro atoms. The lowest BCUT2D eigenvalue weighted by atomic mass is 10.1. The van der Waals surface area contributed by atoms with E-state index in [0.717, 1.165) is 5.56 Å². The first-order valence-electron chi connectivity index (χ1n) is 8.49. The molecule has 2 heterocycles. The molecule has 0 bridgehead atoms. The van der Waals surface area contributed by atoms with Crippen LogP contribution < -0.4 is 15.0 Å². The van der Waals surface area contributed by atoms with Crippen LogP contribution in [-0.2, 0) is 16.1 Å². The molecule has 3 rings (SSSR count). The number of benzene rings is 1. The van der Waals surface area contributed by atoms with Crippen molar-refractivity contribution in [2.24, 2.45) is 5.92 Å². The zero-order chi connectivity index (χ0) is 18.5. The summed E-state index contributed by atoms with van der Waals surface area (Å²) in [5.74, 6) is -0.171. The Bertz CT molecular complexity index is 812. The number of amides is 2. The van der Waals surface area contributed by atoms with Gasteiger partial charge in [0.2, 0.25) is 17.7 Å². The summed E-state index contributed by atoms with van der Waals surface area (Å²) >= 11 is 6.17. The van der Waals surface area contributed by atoms with E-state index in [4.69, 9.17) is 16.3 Å². The summed E-state index contributed by atoms with van der Waals surface area (Å²) in [6.45, 7) is 3.00. The van der Waals surface area contributed by atoms with Gasteiger partial charge in [-0.2, -0.15) is 0 Å². The molecular weight excluding hydrogens is 354 g/mol. The molecule has 1 aliphatic rings. The quantitative estimate of drug-likeness (QED) is 0.845. The maximum Gasteiger partial charge on any atom is 0.227 e.